The molecule has 0 saturated carbocycles. The molecule has 1 aliphatic heterocycles. The van der Waals surface area contributed by atoms with Crippen LogP contribution in [0.15, 0.2) is 18.2 Å². The summed E-state index contributed by atoms with van der Waals surface area (Å²) in [7, 11) is 0. The molecule has 1 saturated heterocycles. The normalized spacial score (nSPS) is 20.7. The number of nitriles is 1. The monoisotopic (exact) mass is 186 g/mol. The van der Waals surface area contributed by atoms with E-state index >= 15 is 0 Å². The molecule has 1 fully saturated rings. The number of rotatable bonds is 1. The lowest BCUT2D eigenvalue weighted by Crippen LogP contribution is -2.14. The summed E-state index contributed by atoms with van der Waals surface area (Å²) >= 11 is 0. The summed E-state index contributed by atoms with van der Waals surface area (Å²) in [5.41, 5.74) is 3.22. The Hall–Kier alpha value is -1.33. The summed E-state index contributed by atoms with van der Waals surface area (Å²) < 4.78 is 0. The van der Waals surface area contributed by atoms with Crippen molar-refractivity contribution in [3.63, 3.8) is 0 Å². The number of hydrogen-bond acceptors (Lipinski definition) is 2. The summed E-state index contributed by atoms with van der Waals surface area (Å²) in [6, 6.07) is 8.70. The largest absolute Gasteiger partial charge is 0.310 e. The fraction of sp³-hybridized carbons (Fsp3) is 0.417. The molecule has 0 unspecified atom stereocenters. The molecule has 2 nitrogen and oxygen atoms in total. The van der Waals surface area contributed by atoms with Gasteiger partial charge in [-0.25, -0.2) is 0 Å². The lowest BCUT2D eigenvalue weighted by molar-refractivity contribution is 0.645. The van der Waals surface area contributed by atoms with E-state index in [1.165, 1.54) is 17.5 Å². The molecule has 14 heavy (non-hydrogen) atoms. The molecule has 1 heterocycles. The summed E-state index contributed by atoms with van der Waals surface area (Å²) in [5, 5.41) is 12.4. The first-order chi connectivity index (χ1) is 6.81. The van der Waals surface area contributed by atoms with Gasteiger partial charge in [0.15, 0.2) is 0 Å². The van der Waals surface area contributed by atoms with Gasteiger partial charge in [0.05, 0.1) is 11.6 Å². The summed E-state index contributed by atoms with van der Waals surface area (Å²) in [6.07, 6.45) is 2.36. The highest BCUT2D eigenvalue weighted by Crippen LogP contribution is 2.26. The van der Waals surface area contributed by atoms with Gasteiger partial charge in [0.2, 0.25) is 0 Å². The van der Waals surface area contributed by atoms with Gasteiger partial charge >= 0.3 is 0 Å². The molecular weight excluding hydrogens is 172 g/mol. The lowest BCUT2D eigenvalue weighted by Gasteiger charge is -2.12. The summed E-state index contributed by atoms with van der Waals surface area (Å²) in [4.78, 5) is 0. The first-order valence-electron chi connectivity index (χ1n) is 5.05. The van der Waals surface area contributed by atoms with Crippen LogP contribution in [-0.4, -0.2) is 6.54 Å². The molecular formula is C12H14N2. The number of hydrogen-bond donors (Lipinski definition) is 1. The van der Waals surface area contributed by atoms with E-state index in [2.05, 4.69) is 24.4 Å². The van der Waals surface area contributed by atoms with E-state index in [0.717, 1.165) is 18.5 Å². The van der Waals surface area contributed by atoms with E-state index < -0.39 is 0 Å². The number of benzene rings is 1. The first kappa shape index (κ1) is 9.23. The van der Waals surface area contributed by atoms with Gasteiger partial charge in [0.25, 0.3) is 0 Å². The Kier molecular flexibility index (Phi) is 2.51. The minimum absolute atomic E-state index is 0.393. The molecule has 1 aliphatic rings. The van der Waals surface area contributed by atoms with Gasteiger partial charge < -0.3 is 5.32 Å². The smallest absolute Gasteiger partial charge is 0.0995 e. The van der Waals surface area contributed by atoms with Crippen molar-refractivity contribution >= 4 is 0 Å². The van der Waals surface area contributed by atoms with Crippen molar-refractivity contribution in [2.75, 3.05) is 6.54 Å². The molecule has 0 aromatic heterocycles. The van der Waals surface area contributed by atoms with Gasteiger partial charge in [0.1, 0.15) is 0 Å². The van der Waals surface area contributed by atoms with E-state index in [4.69, 9.17) is 5.26 Å². The third kappa shape index (κ3) is 1.64. The standard InChI is InChI=1S/C12H14N2/c1-9-4-5-10(8-13)11(7-9)12-3-2-6-14-12/h4-5,7,12,14H,2-3,6H2,1H3/t12-/m0/s1. The zero-order valence-corrected chi connectivity index (χ0v) is 8.38. The second kappa shape index (κ2) is 3.81. The Balaban J connectivity index is 2.39. The third-order valence-electron chi connectivity index (χ3n) is 2.76. The average molecular weight is 186 g/mol. The van der Waals surface area contributed by atoms with Gasteiger partial charge in [-0.1, -0.05) is 17.7 Å². The molecule has 1 N–H and O–H groups in total. The van der Waals surface area contributed by atoms with E-state index in [-0.39, 0.29) is 0 Å². The van der Waals surface area contributed by atoms with Crippen molar-refractivity contribution in [3.8, 4) is 6.07 Å². The average Bonchev–Trinajstić information content (AvgIpc) is 2.70. The summed E-state index contributed by atoms with van der Waals surface area (Å²) in [6.45, 7) is 3.14. The zero-order chi connectivity index (χ0) is 9.97. The number of nitrogens with zero attached hydrogens (tertiary/aromatic N) is 1. The van der Waals surface area contributed by atoms with Crippen molar-refractivity contribution < 1.29 is 0 Å². The maximum atomic E-state index is 8.99. The van der Waals surface area contributed by atoms with Crippen LogP contribution in [0.4, 0.5) is 0 Å². The van der Waals surface area contributed by atoms with Crippen LogP contribution in [-0.2, 0) is 0 Å². The van der Waals surface area contributed by atoms with Crippen LogP contribution in [0.25, 0.3) is 0 Å². The molecule has 1 aromatic carbocycles. The fourth-order valence-electron chi connectivity index (χ4n) is 2.02. The molecule has 0 radical (unpaired) electrons. The maximum absolute atomic E-state index is 8.99. The second-order valence-corrected chi connectivity index (χ2v) is 3.85. The number of nitrogens with one attached hydrogen (secondary N) is 1. The maximum Gasteiger partial charge on any atom is 0.0995 e. The molecule has 0 amide bonds. The molecule has 1 atom stereocenters. The lowest BCUT2D eigenvalue weighted by atomic mass is 9.98. The van der Waals surface area contributed by atoms with Gasteiger partial charge in [-0.3, -0.25) is 0 Å². The van der Waals surface area contributed by atoms with Crippen molar-refractivity contribution in [2.24, 2.45) is 0 Å². The predicted molar refractivity (Wildman–Crippen MR) is 55.9 cm³/mol. The van der Waals surface area contributed by atoms with Gasteiger partial charge in [-0.2, -0.15) is 5.26 Å². The molecule has 0 spiro atoms. The van der Waals surface area contributed by atoms with E-state index in [9.17, 15) is 0 Å². The van der Waals surface area contributed by atoms with Crippen molar-refractivity contribution in [1.29, 1.82) is 5.26 Å². The van der Waals surface area contributed by atoms with E-state index in [1.54, 1.807) is 0 Å². The highest BCUT2D eigenvalue weighted by molar-refractivity contribution is 5.42. The Morgan fingerprint density at radius 1 is 1.50 bits per heavy atom. The minimum Gasteiger partial charge on any atom is -0.310 e. The van der Waals surface area contributed by atoms with Crippen LogP contribution < -0.4 is 5.32 Å². The zero-order valence-electron chi connectivity index (χ0n) is 8.38. The SMILES string of the molecule is Cc1ccc(C#N)c([C@@H]2CCCN2)c1. The molecule has 1 aromatic rings. The Morgan fingerprint density at radius 3 is 3.00 bits per heavy atom. The fourth-order valence-corrected chi connectivity index (χ4v) is 2.02. The van der Waals surface area contributed by atoms with Crippen LogP contribution >= 0.6 is 0 Å². The predicted octanol–water partition coefficient (Wildman–Crippen LogP) is 2.29. The Bertz CT molecular complexity index is 370. The number of aryl methyl sites for hydroxylation is 1. The van der Waals surface area contributed by atoms with Gasteiger partial charge in [-0.15, -0.1) is 0 Å². The van der Waals surface area contributed by atoms with Crippen LogP contribution in [0, 0.1) is 18.3 Å². The topological polar surface area (TPSA) is 35.8 Å². The van der Waals surface area contributed by atoms with Crippen LogP contribution in [0.1, 0.15) is 35.6 Å². The molecule has 0 aliphatic carbocycles. The van der Waals surface area contributed by atoms with Crippen LogP contribution in [0.3, 0.4) is 0 Å². The minimum atomic E-state index is 0.393. The van der Waals surface area contributed by atoms with E-state index in [1.807, 2.05) is 12.1 Å². The molecule has 72 valence electrons. The van der Waals surface area contributed by atoms with Crippen molar-refractivity contribution in [2.45, 2.75) is 25.8 Å². The highest BCUT2D eigenvalue weighted by atomic mass is 14.9. The quantitative estimate of drug-likeness (QED) is 0.730. The highest BCUT2D eigenvalue weighted by Gasteiger charge is 2.18. The third-order valence-corrected chi connectivity index (χ3v) is 2.76. The van der Waals surface area contributed by atoms with Gasteiger partial charge in [-0.05, 0) is 37.9 Å². The first-order valence-corrected chi connectivity index (χ1v) is 5.05. The van der Waals surface area contributed by atoms with Crippen molar-refractivity contribution in [1.82, 2.24) is 5.32 Å². The molecule has 2 rings (SSSR count). The molecule has 2 heteroatoms. The second-order valence-electron chi connectivity index (χ2n) is 3.85. The molecule has 0 bridgehead atoms. The summed E-state index contributed by atoms with van der Waals surface area (Å²) in [5.74, 6) is 0. The Labute approximate surface area is 84.6 Å². The Morgan fingerprint density at radius 2 is 2.36 bits per heavy atom. The van der Waals surface area contributed by atoms with Crippen molar-refractivity contribution in [3.05, 3.63) is 34.9 Å². The van der Waals surface area contributed by atoms with Crippen LogP contribution in [0.2, 0.25) is 0 Å². The van der Waals surface area contributed by atoms with Gasteiger partial charge in [0, 0.05) is 6.04 Å². The van der Waals surface area contributed by atoms with Crippen LogP contribution in [0.5, 0.6) is 0 Å². The van der Waals surface area contributed by atoms with E-state index in [0.29, 0.717) is 6.04 Å².